The molecule has 2 rings (SSSR count). The molecule has 0 saturated heterocycles. The minimum atomic E-state index is -1.16. The Hall–Kier alpha value is -3.63. The van der Waals surface area contributed by atoms with Crippen molar-refractivity contribution in [2.75, 3.05) is 13.7 Å². The zero-order valence-electron chi connectivity index (χ0n) is 22.4. The van der Waals surface area contributed by atoms with Crippen LogP contribution in [0.15, 0.2) is 18.2 Å². The second-order valence-corrected chi connectivity index (χ2v) is 10.2. The summed E-state index contributed by atoms with van der Waals surface area (Å²) >= 11 is 0. The van der Waals surface area contributed by atoms with Crippen LogP contribution < -0.4 is 16.4 Å². The average molecular weight is 519 g/mol. The summed E-state index contributed by atoms with van der Waals surface area (Å²) in [5.74, 6) is -2.38. The molecule has 204 valence electrons. The van der Waals surface area contributed by atoms with Crippen molar-refractivity contribution in [2.45, 2.75) is 84.0 Å². The number of carbonyl (C=O) groups is 5. The molecule has 2 unspecified atom stereocenters. The SMILES string of the molecule is COC(=O)CNC(=O)C(c1cc(C)ccc1C)N(C(=O)C(CCC(N)=O)NC(=O)OC(C)(C)C)C1CC1. The van der Waals surface area contributed by atoms with E-state index in [9.17, 15) is 24.0 Å². The Morgan fingerprint density at radius 1 is 1.14 bits per heavy atom. The molecular weight excluding hydrogens is 480 g/mol. The first kappa shape index (κ1) is 29.6. The first-order chi connectivity index (χ1) is 17.2. The van der Waals surface area contributed by atoms with Crippen LogP contribution in [0.5, 0.6) is 0 Å². The van der Waals surface area contributed by atoms with Crippen molar-refractivity contribution in [1.82, 2.24) is 15.5 Å². The van der Waals surface area contributed by atoms with Crippen molar-refractivity contribution >= 4 is 29.8 Å². The molecule has 2 atom stereocenters. The Morgan fingerprint density at radius 2 is 1.78 bits per heavy atom. The fraction of sp³-hybridized carbons (Fsp3) is 0.577. The number of nitrogens with one attached hydrogen (secondary N) is 2. The Kier molecular flexibility index (Phi) is 10.0. The zero-order chi connectivity index (χ0) is 27.9. The molecular formula is C26H38N4O7. The minimum Gasteiger partial charge on any atom is -0.468 e. The van der Waals surface area contributed by atoms with Gasteiger partial charge in [-0.3, -0.25) is 19.2 Å². The third kappa shape index (κ3) is 9.07. The number of alkyl carbamates (subject to hydrolysis) is 1. The van der Waals surface area contributed by atoms with E-state index in [1.165, 1.54) is 12.0 Å². The van der Waals surface area contributed by atoms with Gasteiger partial charge in [-0.25, -0.2) is 4.79 Å². The van der Waals surface area contributed by atoms with E-state index in [0.29, 0.717) is 18.4 Å². The van der Waals surface area contributed by atoms with Gasteiger partial charge in [0.25, 0.3) is 0 Å². The number of amides is 4. The Bertz CT molecular complexity index is 1030. The van der Waals surface area contributed by atoms with Crippen molar-refractivity contribution in [3.63, 3.8) is 0 Å². The van der Waals surface area contributed by atoms with Gasteiger partial charge in [0.05, 0.1) is 7.11 Å². The largest absolute Gasteiger partial charge is 0.468 e. The van der Waals surface area contributed by atoms with E-state index in [1.54, 1.807) is 20.8 Å². The van der Waals surface area contributed by atoms with Crippen molar-refractivity contribution in [2.24, 2.45) is 5.73 Å². The van der Waals surface area contributed by atoms with Crippen LogP contribution in [-0.4, -0.2) is 66.0 Å². The summed E-state index contributed by atoms with van der Waals surface area (Å²) in [7, 11) is 1.21. The number of ether oxygens (including phenoxy) is 2. The molecule has 37 heavy (non-hydrogen) atoms. The Labute approximate surface area is 217 Å². The molecule has 1 aliphatic rings. The van der Waals surface area contributed by atoms with E-state index in [2.05, 4.69) is 15.4 Å². The van der Waals surface area contributed by atoms with Crippen LogP contribution in [-0.2, 0) is 28.7 Å². The van der Waals surface area contributed by atoms with Crippen LogP contribution in [0.4, 0.5) is 4.79 Å². The topological polar surface area (TPSA) is 157 Å². The first-order valence-electron chi connectivity index (χ1n) is 12.2. The van der Waals surface area contributed by atoms with Crippen LogP contribution in [0.3, 0.4) is 0 Å². The number of carbonyl (C=O) groups excluding carboxylic acids is 5. The van der Waals surface area contributed by atoms with Crippen molar-refractivity contribution in [3.8, 4) is 0 Å². The summed E-state index contributed by atoms with van der Waals surface area (Å²) in [6.45, 7) is 8.39. The number of hydrogen-bond donors (Lipinski definition) is 3. The molecule has 4 amide bonds. The molecule has 1 aliphatic carbocycles. The number of benzene rings is 1. The number of rotatable bonds is 11. The van der Waals surface area contributed by atoms with Crippen molar-refractivity contribution in [3.05, 3.63) is 34.9 Å². The average Bonchev–Trinajstić information content (AvgIpc) is 3.63. The molecule has 0 radical (unpaired) electrons. The van der Waals surface area contributed by atoms with Gasteiger partial charge in [0, 0.05) is 12.5 Å². The highest BCUT2D eigenvalue weighted by Gasteiger charge is 2.44. The van der Waals surface area contributed by atoms with Gasteiger partial charge in [0.15, 0.2) is 0 Å². The smallest absolute Gasteiger partial charge is 0.408 e. The van der Waals surface area contributed by atoms with E-state index in [-0.39, 0.29) is 25.4 Å². The lowest BCUT2D eigenvalue weighted by molar-refractivity contribution is -0.145. The summed E-state index contributed by atoms with van der Waals surface area (Å²) in [6, 6.07) is 3.05. The number of nitrogens with zero attached hydrogens (tertiary/aromatic N) is 1. The predicted molar refractivity (Wildman–Crippen MR) is 135 cm³/mol. The highest BCUT2D eigenvalue weighted by atomic mass is 16.6. The van der Waals surface area contributed by atoms with E-state index in [1.807, 2.05) is 32.0 Å². The van der Waals surface area contributed by atoms with Gasteiger partial charge in [-0.1, -0.05) is 23.8 Å². The van der Waals surface area contributed by atoms with Crippen LogP contribution in [0.1, 0.15) is 69.2 Å². The molecule has 0 bridgehead atoms. The molecule has 0 aromatic heterocycles. The molecule has 1 aromatic carbocycles. The first-order valence-corrected chi connectivity index (χ1v) is 12.2. The zero-order valence-corrected chi connectivity index (χ0v) is 22.4. The molecule has 0 spiro atoms. The van der Waals surface area contributed by atoms with Gasteiger partial charge in [0.1, 0.15) is 24.2 Å². The molecule has 11 nitrogen and oxygen atoms in total. The highest BCUT2D eigenvalue weighted by molar-refractivity contribution is 5.94. The van der Waals surface area contributed by atoms with Gasteiger partial charge in [-0.2, -0.15) is 0 Å². The third-order valence-corrected chi connectivity index (χ3v) is 5.75. The third-order valence-electron chi connectivity index (χ3n) is 5.75. The second-order valence-electron chi connectivity index (χ2n) is 10.2. The Balaban J connectivity index is 2.49. The molecule has 11 heteroatoms. The van der Waals surface area contributed by atoms with E-state index < -0.39 is 47.5 Å². The van der Waals surface area contributed by atoms with Gasteiger partial charge in [-0.05, 0) is 65.0 Å². The van der Waals surface area contributed by atoms with E-state index in [4.69, 9.17) is 10.5 Å². The van der Waals surface area contributed by atoms with Gasteiger partial charge in [0.2, 0.25) is 17.7 Å². The van der Waals surface area contributed by atoms with Crippen molar-refractivity contribution in [1.29, 1.82) is 0 Å². The quantitative estimate of drug-likeness (QED) is 0.377. The van der Waals surface area contributed by atoms with E-state index in [0.717, 1.165) is 11.1 Å². The standard InChI is InChI=1S/C26H38N4O7/c1-15-7-8-16(2)18(13-15)22(23(33)28-14-21(32)36-6)30(17-9-10-17)24(34)19(11-12-20(27)31)29-25(35)37-26(3,4)5/h7-8,13,17,19,22H,9-12,14H2,1-6H3,(H2,27,31)(H,28,33)(H,29,35). The van der Waals surface area contributed by atoms with Gasteiger partial charge in [-0.15, -0.1) is 0 Å². The summed E-state index contributed by atoms with van der Waals surface area (Å²) < 4.78 is 9.95. The second kappa shape index (κ2) is 12.6. The fourth-order valence-corrected chi connectivity index (χ4v) is 3.84. The van der Waals surface area contributed by atoms with Crippen LogP contribution in [0.2, 0.25) is 0 Å². The normalized spacial score (nSPS) is 14.6. The summed E-state index contributed by atoms with van der Waals surface area (Å²) in [4.78, 5) is 64.7. The predicted octanol–water partition coefficient (Wildman–Crippen LogP) is 1.78. The molecule has 1 fully saturated rings. The maximum atomic E-state index is 14.0. The monoisotopic (exact) mass is 518 g/mol. The summed E-state index contributed by atoms with van der Waals surface area (Å²) in [6.07, 6.45) is 0.260. The number of esters is 1. The van der Waals surface area contributed by atoms with Gasteiger partial charge < -0.3 is 30.7 Å². The molecule has 0 heterocycles. The van der Waals surface area contributed by atoms with Crippen LogP contribution in [0.25, 0.3) is 0 Å². The maximum absolute atomic E-state index is 14.0. The molecule has 1 saturated carbocycles. The number of nitrogens with two attached hydrogens (primary N) is 1. The lowest BCUT2D eigenvalue weighted by Crippen LogP contribution is -2.54. The molecule has 1 aromatic rings. The lowest BCUT2D eigenvalue weighted by atomic mass is 9.95. The lowest BCUT2D eigenvalue weighted by Gasteiger charge is -2.35. The summed E-state index contributed by atoms with van der Waals surface area (Å²) in [5.41, 5.74) is 6.76. The molecule has 0 aliphatic heterocycles. The number of aryl methyl sites for hydroxylation is 2. The number of methoxy groups -OCH3 is 1. The van der Waals surface area contributed by atoms with Gasteiger partial charge >= 0.3 is 12.1 Å². The minimum absolute atomic E-state index is 0.0695. The summed E-state index contributed by atoms with van der Waals surface area (Å²) in [5, 5.41) is 5.12. The van der Waals surface area contributed by atoms with Crippen molar-refractivity contribution < 1.29 is 33.4 Å². The van der Waals surface area contributed by atoms with Crippen LogP contribution >= 0.6 is 0 Å². The maximum Gasteiger partial charge on any atom is 0.408 e. The highest BCUT2D eigenvalue weighted by Crippen LogP contribution is 2.37. The van der Waals surface area contributed by atoms with Crippen LogP contribution in [0, 0.1) is 13.8 Å². The number of primary amides is 1. The molecule has 4 N–H and O–H groups in total. The van der Waals surface area contributed by atoms with E-state index >= 15 is 0 Å². The fourth-order valence-electron chi connectivity index (χ4n) is 3.84. The number of hydrogen-bond acceptors (Lipinski definition) is 7. The Morgan fingerprint density at radius 3 is 2.32 bits per heavy atom.